The van der Waals surface area contributed by atoms with E-state index in [0.717, 1.165) is 22.1 Å². The molecule has 3 aromatic carbocycles. The van der Waals surface area contributed by atoms with Crippen molar-refractivity contribution >= 4 is 68.2 Å². The highest BCUT2D eigenvalue weighted by atomic mass is 32.1. The lowest BCUT2D eigenvalue weighted by molar-refractivity contribution is 0.393. The number of hydrogen-bond acceptors (Lipinski definition) is 8. The van der Waals surface area contributed by atoms with Crippen molar-refractivity contribution < 1.29 is 0 Å². The Balaban J connectivity index is 1.11. The Morgan fingerprint density at radius 1 is 0.278 bits per heavy atom. The highest BCUT2D eigenvalue weighted by Gasteiger charge is 2.50. The van der Waals surface area contributed by atoms with E-state index in [1.54, 1.807) is 22.3 Å². The Hall–Kier alpha value is -3.30. The van der Waals surface area contributed by atoms with E-state index in [9.17, 15) is 0 Å². The zero-order valence-electron chi connectivity index (χ0n) is 58.0. The second-order valence-electron chi connectivity index (χ2n) is 28.7. The molecule has 0 N–H and O–H groups in total. The Labute approximate surface area is 565 Å². The summed E-state index contributed by atoms with van der Waals surface area (Å²) < 4.78 is 21.3. The predicted octanol–water partition coefficient (Wildman–Crippen LogP) is 29.1. The van der Waals surface area contributed by atoms with Gasteiger partial charge in [-0.05, 0) is 121 Å². The summed E-state index contributed by atoms with van der Waals surface area (Å²) in [5.74, 6) is 0. The van der Waals surface area contributed by atoms with Crippen molar-refractivity contribution in [2.75, 3.05) is 0 Å². The van der Waals surface area contributed by atoms with E-state index in [1.165, 1.54) is 385 Å². The molecule has 90 heavy (non-hydrogen) atoms. The van der Waals surface area contributed by atoms with E-state index in [-0.39, 0.29) is 10.8 Å². The van der Waals surface area contributed by atoms with Crippen molar-refractivity contribution in [2.45, 2.75) is 361 Å². The van der Waals surface area contributed by atoms with Gasteiger partial charge >= 0.3 is 0 Å². The van der Waals surface area contributed by atoms with E-state index >= 15 is 0 Å². The van der Waals surface area contributed by atoms with Crippen LogP contribution in [0.1, 0.15) is 369 Å². The summed E-state index contributed by atoms with van der Waals surface area (Å²) in [5.41, 5.74) is 19.1. The van der Waals surface area contributed by atoms with Crippen molar-refractivity contribution in [3.05, 3.63) is 81.2 Å². The van der Waals surface area contributed by atoms with Crippen LogP contribution in [0.25, 0.3) is 64.5 Å². The number of unbranched alkanes of at least 4 members (excludes halogenated alkanes) is 40. The van der Waals surface area contributed by atoms with Crippen LogP contribution in [0.3, 0.4) is 0 Å². The first-order valence-corrected chi connectivity index (χ1v) is 41.4. The van der Waals surface area contributed by atoms with Gasteiger partial charge in [0.25, 0.3) is 0 Å². The number of fused-ring (bicyclic) bond motifs is 10. The number of aryl methyl sites for hydroxylation is 2. The lowest BCUT2D eigenvalue weighted by Gasteiger charge is -2.35. The molecule has 0 atom stereocenters. The summed E-state index contributed by atoms with van der Waals surface area (Å²) in [6.07, 6.45) is 65.0. The summed E-state index contributed by atoms with van der Waals surface area (Å²) in [6, 6.07) is 20.4. The molecule has 0 spiro atoms. The maximum absolute atomic E-state index is 5.49. The molecule has 9 rings (SSSR count). The Morgan fingerprint density at radius 3 is 0.933 bits per heavy atom. The molecule has 0 saturated carbocycles. The summed E-state index contributed by atoms with van der Waals surface area (Å²) in [4.78, 5) is 5.42. The largest absolute Gasteiger partial charge is 0.173 e. The maximum atomic E-state index is 5.49. The molecule has 2 aliphatic carbocycles. The summed E-state index contributed by atoms with van der Waals surface area (Å²) in [6.45, 7) is 13.9. The third-order valence-electron chi connectivity index (χ3n) is 21.7. The van der Waals surface area contributed by atoms with Gasteiger partial charge in [0.05, 0.1) is 23.5 Å². The van der Waals surface area contributed by atoms with Crippen molar-refractivity contribution in [3.8, 4) is 42.4 Å². The van der Waals surface area contributed by atoms with Gasteiger partial charge in [-0.3, -0.25) is 0 Å². The molecule has 8 heteroatoms. The van der Waals surface area contributed by atoms with Crippen molar-refractivity contribution in [3.63, 3.8) is 0 Å². The molecule has 4 heterocycles. The Kier molecular flexibility index (Phi) is 30.2. The topological polar surface area (TPSA) is 51.6 Å². The maximum Gasteiger partial charge on any atom is 0.114 e. The first-order valence-electron chi connectivity index (χ1n) is 38.3. The number of nitrogens with zero attached hydrogens (tertiary/aromatic N) is 4. The van der Waals surface area contributed by atoms with Crippen LogP contribution in [0.4, 0.5) is 0 Å². The van der Waals surface area contributed by atoms with Crippen molar-refractivity contribution in [1.29, 1.82) is 0 Å². The van der Waals surface area contributed by atoms with Crippen LogP contribution < -0.4 is 0 Å². The van der Waals surface area contributed by atoms with E-state index in [1.807, 2.05) is 22.7 Å². The third-order valence-corrected chi connectivity index (χ3v) is 25.1. The standard InChI is InChI=1S/C82H122N4S4/c1-7-11-15-19-23-27-31-35-39-43-47-55-81(56-48-44-40-36-32-28-24-20-16-12-8-2)68-61-66-69(60-65(68)75-70(81)59-63(5)77-79(75)85-89-83-77)82(57-49-45-41-37-33-29-25-21-17-13-9-3,58-50-46-42-38-34-30-26-22-18-14-10-4)71-62-67(78-80(76(66)71)86-90-84-78)72-53-54-74(88-72)73-52-51-64(6)87-73/h51-54,59-62H,7-50,55-58H2,1-6H3. The van der Waals surface area contributed by atoms with Crippen LogP contribution in [0, 0.1) is 13.8 Å². The number of hydrogen-bond donors (Lipinski definition) is 0. The van der Waals surface area contributed by atoms with Gasteiger partial charge in [-0.2, -0.15) is 17.5 Å². The molecule has 0 saturated heterocycles. The molecule has 0 amide bonds. The van der Waals surface area contributed by atoms with Crippen LogP contribution in [-0.2, 0) is 10.8 Å². The van der Waals surface area contributed by atoms with Gasteiger partial charge in [-0.15, -0.1) is 22.7 Å². The van der Waals surface area contributed by atoms with Crippen LogP contribution in [0.2, 0.25) is 0 Å². The molecule has 2 aliphatic rings. The van der Waals surface area contributed by atoms with Crippen LogP contribution in [-0.4, -0.2) is 17.5 Å². The Bertz CT molecular complexity index is 3110. The normalized spacial score (nSPS) is 13.8. The molecule has 4 aromatic heterocycles. The quantitative estimate of drug-likeness (QED) is 0.0357. The zero-order valence-corrected chi connectivity index (χ0v) is 61.2. The lowest BCUT2D eigenvalue weighted by Crippen LogP contribution is -2.27. The van der Waals surface area contributed by atoms with Gasteiger partial charge in [-0.1, -0.05) is 316 Å². The molecule has 0 radical (unpaired) electrons. The molecular weight excluding hydrogens is 1170 g/mol. The van der Waals surface area contributed by atoms with Crippen molar-refractivity contribution in [1.82, 2.24) is 17.5 Å². The third kappa shape index (κ3) is 18.6. The Morgan fingerprint density at radius 2 is 0.567 bits per heavy atom. The molecule has 0 unspecified atom stereocenters. The second kappa shape index (κ2) is 38.3. The molecule has 0 bridgehead atoms. The van der Waals surface area contributed by atoms with Gasteiger partial charge in [0.2, 0.25) is 0 Å². The van der Waals surface area contributed by atoms with Gasteiger partial charge in [-0.25, -0.2) is 0 Å². The fraction of sp³-hybridized carbons (Fsp3) is 0.683. The summed E-state index contributed by atoms with van der Waals surface area (Å²) >= 11 is 6.75. The van der Waals surface area contributed by atoms with Crippen LogP contribution >= 0.6 is 46.1 Å². The van der Waals surface area contributed by atoms with Crippen LogP contribution in [0.5, 0.6) is 0 Å². The monoisotopic (exact) mass is 1290 g/mol. The highest BCUT2D eigenvalue weighted by molar-refractivity contribution is 7.24. The average molecular weight is 1290 g/mol. The molecular formula is C82H122N4S4. The first kappa shape index (κ1) is 71.0. The molecule has 4 nitrogen and oxygen atoms in total. The average Bonchev–Trinajstić information content (AvgIpc) is 1.52. The number of rotatable bonds is 50. The number of thiophene rings is 2. The first-order chi connectivity index (χ1) is 44.4. The molecule has 494 valence electrons. The predicted molar refractivity (Wildman–Crippen MR) is 401 cm³/mol. The molecule has 0 aliphatic heterocycles. The molecule has 0 fully saturated rings. The van der Waals surface area contributed by atoms with Gasteiger partial charge in [0.15, 0.2) is 0 Å². The van der Waals surface area contributed by atoms with Gasteiger partial charge in [0.1, 0.15) is 22.1 Å². The van der Waals surface area contributed by atoms with E-state index < -0.39 is 0 Å². The van der Waals surface area contributed by atoms with Crippen LogP contribution in [0.15, 0.2) is 48.5 Å². The summed E-state index contributed by atoms with van der Waals surface area (Å²) in [5, 5.41) is 0. The second-order valence-corrected chi connectivity index (χ2v) is 32.1. The smallest absolute Gasteiger partial charge is 0.114 e. The minimum absolute atomic E-state index is 0.0782. The number of benzene rings is 3. The lowest BCUT2D eigenvalue weighted by atomic mass is 9.68. The SMILES string of the molecule is CCCCCCCCCCCCCC1(CCCCCCCCCCCCC)c2cc3c(cc2-c2c1cc(C)c1nsnc21)C(CCCCCCCCCCCCC)(CCCCCCCCCCCCC)c1cc(-c2ccc(-c4ccc(C)s4)s2)c2nsnc2c1-3. The van der Waals surface area contributed by atoms with Gasteiger partial charge in [0, 0.05) is 47.0 Å². The van der Waals surface area contributed by atoms with E-state index in [4.69, 9.17) is 17.5 Å². The molecule has 7 aromatic rings. The van der Waals surface area contributed by atoms with Crippen molar-refractivity contribution in [2.24, 2.45) is 0 Å². The zero-order chi connectivity index (χ0) is 62.6. The van der Waals surface area contributed by atoms with E-state index in [2.05, 4.69) is 90.1 Å². The minimum atomic E-state index is -0.128. The minimum Gasteiger partial charge on any atom is -0.173 e. The fourth-order valence-electron chi connectivity index (χ4n) is 16.5. The summed E-state index contributed by atoms with van der Waals surface area (Å²) in [7, 11) is 0. The number of aromatic nitrogens is 4. The fourth-order valence-corrected chi connectivity index (χ4v) is 19.7. The highest BCUT2D eigenvalue weighted by Crippen LogP contribution is 2.63. The van der Waals surface area contributed by atoms with Gasteiger partial charge < -0.3 is 0 Å². The van der Waals surface area contributed by atoms with E-state index in [0.29, 0.717) is 0 Å².